The summed E-state index contributed by atoms with van der Waals surface area (Å²) in [6.07, 6.45) is 3.21. The fraction of sp³-hybridized carbons (Fsp3) is 0.304. The summed E-state index contributed by atoms with van der Waals surface area (Å²) in [5.41, 5.74) is 1.93. The average molecular weight is 478 g/mol. The van der Waals surface area contributed by atoms with Crippen LogP contribution in [-0.4, -0.2) is 59.3 Å². The lowest BCUT2D eigenvalue weighted by molar-refractivity contribution is -0.134. The Hall–Kier alpha value is -4.03. The van der Waals surface area contributed by atoms with E-state index in [2.05, 4.69) is 35.6 Å². The van der Waals surface area contributed by atoms with E-state index >= 15 is 0 Å². The second-order valence-electron chi connectivity index (χ2n) is 8.00. The maximum Gasteiger partial charge on any atom is 0.249 e. The summed E-state index contributed by atoms with van der Waals surface area (Å²) in [6, 6.07) is 6.85. The number of pyridine rings is 2. The highest BCUT2D eigenvalue weighted by atomic mass is 19.1. The molecule has 0 radical (unpaired) electrons. The molecule has 5 rings (SSSR count). The molecule has 3 atom stereocenters. The number of aliphatic hydroxyl groups excluding tert-OH is 1. The smallest absolute Gasteiger partial charge is 0.249 e. The molecule has 0 bridgehead atoms. The van der Waals surface area contributed by atoms with Crippen LogP contribution in [0.3, 0.4) is 0 Å². The van der Waals surface area contributed by atoms with Crippen LogP contribution in [0.4, 0.5) is 10.2 Å². The normalized spacial score (nSPS) is 19.7. The number of carbonyl (C=O) groups is 1. The molecule has 0 aromatic carbocycles. The van der Waals surface area contributed by atoms with Crippen LogP contribution >= 0.6 is 0 Å². The minimum atomic E-state index is -0.959. The van der Waals surface area contributed by atoms with Crippen molar-refractivity contribution in [3.8, 4) is 11.4 Å². The van der Waals surface area contributed by atoms with Gasteiger partial charge in [-0.3, -0.25) is 19.3 Å². The van der Waals surface area contributed by atoms with Gasteiger partial charge in [-0.15, -0.1) is 0 Å². The highest BCUT2D eigenvalue weighted by molar-refractivity contribution is 5.85. The van der Waals surface area contributed by atoms with E-state index in [9.17, 15) is 14.3 Å². The summed E-state index contributed by atoms with van der Waals surface area (Å²) in [4.78, 5) is 34.0. The lowest BCUT2D eigenvalue weighted by Crippen LogP contribution is -2.34. The molecule has 4 aromatic rings. The van der Waals surface area contributed by atoms with Gasteiger partial charge in [0.1, 0.15) is 18.0 Å². The standard InChI is InChI=1S/C23H23FN8O3/c1-2-26-22(34)17-8-16(33)23(35-17)32-12-29-18-20(28-11-15-5-3-4-6-27-15)30-19(31-21(18)32)13-7-14(24)10-25-9-13/h3-7,9-10,12,16-17,23,33H,2,8,11H2,1H3,(H,26,34)(H,28,30,31)/t16-,17+,23-/m1/s1. The lowest BCUT2D eigenvalue weighted by Gasteiger charge is -2.17. The maximum absolute atomic E-state index is 13.9. The number of amides is 1. The summed E-state index contributed by atoms with van der Waals surface area (Å²) in [5.74, 6) is -0.215. The number of carbonyl (C=O) groups excluding carboxylic acids is 1. The van der Waals surface area contributed by atoms with Gasteiger partial charge >= 0.3 is 0 Å². The van der Waals surface area contributed by atoms with Crippen molar-refractivity contribution in [3.63, 3.8) is 0 Å². The van der Waals surface area contributed by atoms with Crippen LogP contribution in [0.1, 0.15) is 25.3 Å². The van der Waals surface area contributed by atoms with Crippen molar-refractivity contribution in [2.75, 3.05) is 11.9 Å². The first-order valence-corrected chi connectivity index (χ1v) is 11.1. The molecule has 1 amide bonds. The van der Waals surface area contributed by atoms with Gasteiger partial charge in [-0.2, -0.15) is 0 Å². The predicted octanol–water partition coefficient (Wildman–Crippen LogP) is 1.82. The fourth-order valence-corrected chi connectivity index (χ4v) is 3.92. The van der Waals surface area contributed by atoms with Crippen LogP contribution in [0.5, 0.6) is 0 Å². The quantitative estimate of drug-likeness (QED) is 0.363. The van der Waals surface area contributed by atoms with Gasteiger partial charge in [-0.1, -0.05) is 6.07 Å². The average Bonchev–Trinajstić information content (AvgIpc) is 3.46. The third-order valence-corrected chi connectivity index (χ3v) is 5.55. The summed E-state index contributed by atoms with van der Waals surface area (Å²) in [5, 5.41) is 16.6. The Balaban J connectivity index is 1.55. The zero-order valence-corrected chi connectivity index (χ0v) is 18.8. The van der Waals surface area contributed by atoms with Gasteiger partial charge in [-0.05, 0) is 25.1 Å². The van der Waals surface area contributed by atoms with Crippen LogP contribution < -0.4 is 10.6 Å². The zero-order valence-electron chi connectivity index (χ0n) is 18.8. The Morgan fingerprint density at radius 1 is 1.29 bits per heavy atom. The molecule has 180 valence electrons. The molecule has 1 aliphatic heterocycles. The molecule has 11 nitrogen and oxygen atoms in total. The molecule has 0 unspecified atom stereocenters. The molecule has 1 aliphatic rings. The number of fused-ring (bicyclic) bond motifs is 1. The third kappa shape index (κ3) is 4.66. The summed E-state index contributed by atoms with van der Waals surface area (Å²) < 4.78 is 21.3. The molecule has 0 aliphatic carbocycles. The van der Waals surface area contributed by atoms with Gasteiger partial charge in [0, 0.05) is 30.9 Å². The minimum Gasteiger partial charge on any atom is -0.388 e. The number of nitrogens with zero attached hydrogens (tertiary/aromatic N) is 6. The van der Waals surface area contributed by atoms with E-state index in [-0.39, 0.29) is 18.2 Å². The van der Waals surface area contributed by atoms with E-state index in [1.807, 2.05) is 25.1 Å². The fourth-order valence-electron chi connectivity index (χ4n) is 3.92. The van der Waals surface area contributed by atoms with E-state index < -0.39 is 24.3 Å². The van der Waals surface area contributed by atoms with Crippen LogP contribution in [0.25, 0.3) is 22.6 Å². The number of likely N-dealkylation sites (N-methyl/N-ethyl adjacent to an activating group) is 1. The molecule has 0 saturated carbocycles. The molecule has 1 saturated heterocycles. The van der Waals surface area contributed by atoms with E-state index in [1.54, 1.807) is 10.8 Å². The number of imidazole rings is 1. The largest absolute Gasteiger partial charge is 0.388 e. The Labute approximate surface area is 199 Å². The van der Waals surface area contributed by atoms with E-state index in [0.29, 0.717) is 35.6 Å². The van der Waals surface area contributed by atoms with Crippen molar-refractivity contribution in [2.45, 2.75) is 38.3 Å². The SMILES string of the molecule is CCNC(=O)[C@@H]1C[C@@H](O)[C@H](n2cnc3c(NCc4ccccn4)nc(-c4cncc(F)c4)nc32)O1. The maximum atomic E-state index is 13.9. The number of hydrogen-bond donors (Lipinski definition) is 3. The Morgan fingerprint density at radius 3 is 2.94 bits per heavy atom. The topological polar surface area (TPSA) is 140 Å². The summed E-state index contributed by atoms with van der Waals surface area (Å²) >= 11 is 0. The molecule has 35 heavy (non-hydrogen) atoms. The minimum absolute atomic E-state index is 0.132. The van der Waals surface area contributed by atoms with Crippen LogP contribution in [-0.2, 0) is 16.1 Å². The first kappa shape index (κ1) is 22.7. The van der Waals surface area contributed by atoms with Crippen molar-refractivity contribution in [2.24, 2.45) is 0 Å². The van der Waals surface area contributed by atoms with Crippen LogP contribution in [0.15, 0.2) is 49.2 Å². The van der Waals surface area contributed by atoms with E-state index in [0.717, 1.165) is 11.9 Å². The first-order chi connectivity index (χ1) is 17.0. The highest BCUT2D eigenvalue weighted by Gasteiger charge is 2.39. The van der Waals surface area contributed by atoms with Crippen molar-refractivity contribution >= 4 is 22.9 Å². The first-order valence-electron chi connectivity index (χ1n) is 11.1. The van der Waals surface area contributed by atoms with E-state index in [1.165, 1.54) is 18.6 Å². The predicted molar refractivity (Wildman–Crippen MR) is 123 cm³/mol. The number of ether oxygens (including phenoxy) is 1. The number of rotatable bonds is 7. The van der Waals surface area contributed by atoms with E-state index in [4.69, 9.17) is 4.74 Å². The second-order valence-corrected chi connectivity index (χ2v) is 8.00. The molecular formula is C23H23FN8O3. The molecule has 0 spiro atoms. The number of nitrogens with one attached hydrogen (secondary N) is 2. The summed E-state index contributed by atoms with van der Waals surface area (Å²) in [7, 11) is 0. The third-order valence-electron chi connectivity index (χ3n) is 5.55. The van der Waals surface area contributed by atoms with Gasteiger partial charge in [0.15, 0.2) is 29.0 Å². The molecule has 4 aromatic heterocycles. The van der Waals surface area contributed by atoms with Crippen molar-refractivity contribution in [1.82, 2.24) is 34.8 Å². The molecule has 5 heterocycles. The van der Waals surface area contributed by atoms with Gasteiger partial charge in [0.25, 0.3) is 0 Å². The van der Waals surface area contributed by atoms with Gasteiger partial charge in [-0.25, -0.2) is 19.3 Å². The monoisotopic (exact) mass is 478 g/mol. The summed E-state index contributed by atoms with van der Waals surface area (Å²) in [6.45, 7) is 2.63. The van der Waals surface area contributed by atoms with Crippen molar-refractivity contribution in [1.29, 1.82) is 0 Å². The van der Waals surface area contributed by atoms with Crippen LogP contribution in [0.2, 0.25) is 0 Å². The Bertz CT molecular complexity index is 1350. The number of halogens is 1. The number of hydrogen-bond acceptors (Lipinski definition) is 9. The second kappa shape index (κ2) is 9.68. The highest BCUT2D eigenvalue weighted by Crippen LogP contribution is 2.33. The number of anilines is 1. The van der Waals surface area contributed by atoms with Gasteiger partial charge < -0.3 is 20.5 Å². The zero-order chi connectivity index (χ0) is 24.4. The van der Waals surface area contributed by atoms with Gasteiger partial charge in [0.2, 0.25) is 5.91 Å². The Kier molecular flexibility index (Phi) is 6.29. The molecular weight excluding hydrogens is 455 g/mol. The van der Waals surface area contributed by atoms with Crippen molar-refractivity contribution in [3.05, 3.63) is 60.7 Å². The van der Waals surface area contributed by atoms with Crippen LogP contribution in [0, 0.1) is 5.82 Å². The lowest BCUT2D eigenvalue weighted by atomic mass is 10.2. The number of aromatic nitrogens is 6. The van der Waals surface area contributed by atoms with Gasteiger partial charge in [0.05, 0.1) is 24.8 Å². The molecule has 3 N–H and O–H groups in total. The molecule has 1 fully saturated rings. The Morgan fingerprint density at radius 2 is 2.17 bits per heavy atom. The number of aliphatic hydroxyl groups is 1. The van der Waals surface area contributed by atoms with Crippen molar-refractivity contribution < 1.29 is 19.0 Å². The molecule has 12 heteroatoms.